The molecule has 0 saturated carbocycles. The summed E-state index contributed by atoms with van der Waals surface area (Å²) in [6.07, 6.45) is 9.40. The highest BCUT2D eigenvalue weighted by atomic mass is 19.5. The van der Waals surface area contributed by atoms with Crippen molar-refractivity contribution in [2.45, 2.75) is 32.6 Å². The van der Waals surface area contributed by atoms with E-state index in [2.05, 4.69) is 54.0 Å². The van der Waals surface area contributed by atoms with E-state index in [0.29, 0.717) is 0 Å². The highest BCUT2D eigenvalue weighted by Crippen LogP contribution is 2.35. The summed E-state index contributed by atoms with van der Waals surface area (Å²) in [6.45, 7) is 5.32. The first-order valence-electron chi connectivity index (χ1n) is 9.74. The summed E-state index contributed by atoms with van der Waals surface area (Å²) in [4.78, 5) is 0. The third kappa shape index (κ3) is 4.94. The van der Waals surface area contributed by atoms with Crippen LogP contribution in [0.1, 0.15) is 43.7 Å². The van der Waals surface area contributed by atoms with E-state index in [4.69, 9.17) is 4.74 Å². The maximum atomic E-state index is 9.75. The normalized spacial score (nSPS) is 15.6. The van der Waals surface area contributed by atoms with Crippen molar-refractivity contribution in [3.63, 3.8) is 0 Å². The van der Waals surface area contributed by atoms with Crippen LogP contribution in [0.2, 0.25) is 0 Å². The van der Waals surface area contributed by atoms with Crippen molar-refractivity contribution in [3.05, 3.63) is 47.5 Å². The van der Waals surface area contributed by atoms with Crippen LogP contribution in [0, 0.1) is 0 Å². The van der Waals surface area contributed by atoms with Crippen molar-refractivity contribution in [2.24, 2.45) is 0 Å². The lowest BCUT2D eigenvalue weighted by Crippen LogP contribution is -2.20. The first-order valence-corrected chi connectivity index (χ1v) is 9.74. The van der Waals surface area contributed by atoms with E-state index in [-0.39, 0.29) is 0 Å². The summed E-state index contributed by atoms with van der Waals surface area (Å²) in [6, 6.07) is 10.9. The molecular weight excluding hydrogens is 369 g/mol. The first-order chi connectivity index (χ1) is 13.4. The number of allylic oxidation sites excluding steroid dienone is 1. The minimum Gasteiger partial charge on any atom is -0.493 e. The number of benzene rings is 2. The molecule has 2 aromatic rings. The van der Waals surface area contributed by atoms with Gasteiger partial charge in [-0.15, -0.1) is 0 Å². The summed E-state index contributed by atoms with van der Waals surface area (Å²) < 4.78 is 47.7. The molecule has 0 unspecified atom stereocenters. The van der Waals surface area contributed by atoms with Gasteiger partial charge >= 0.3 is 7.25 Å². The molecule has 0 atom stereocenters. The van der Waals surface area contributed by atoms with E-state index < -0.39 is 7.25 Å². The Morgan fingerprint density at radius 2 is 1.71 bits per heavy atom. The predicted octanol–water partition coefficient (Wildman–Crippen LogP) is 5.94. The Morgan fingerprint density at radius 3 is 2.39 bits per heavy atom. The first kappa shape index (κ1) is 20.4. The summed E-state index contributed by atoms with van der Waals surface area (Å²) in [5.41, 5.74) is 3.96. The molecule has 4 rings (SSSR count). The van der Waals surface area contributed by atoms with Crippen molar-refractivity contribution in [2.75, 3.05) is 19.7 Å². The number of rotatable bonds is 4. The van der Waals surface area contributed by atoms with Crippen LogP contribution < -0.4 is 4.74 Å². The average Bonchev–Trinajstić information content (AvgIpc) is 3.17. The molecule has 1 aliphatic carbocycles. The molecule has 1 fully saturated rings. The molecule has 0 N–H and O–H groups in total. The van der Waals surface area contributed by atoms with Crippen LogP contribution in [0.25, 0.3) is 16.8 Å². The summed E-state index contributed by atoms with van der Waals surface area (Å²) in [5, 5.41) is 2.66. The van der Waals surface area contributed by atoms with Crippen molar-refractivity contribution < 1.29 is 26.6 Å². The van der Waals surface area contributed by atoms with Crippen molar-refractivity contribution in [1.29, 1.82) is 0 Å². The Balaban J connectivity index is 0.000000403. The third-order valence-corrected chi connectivity index (χ3v) is 4.92. The molecule has 0 spiro atoms. The van der Waals surface area contributed by atoms with Crippen LogP contribution in [0.15, 0.2) is 36.4 Å². The zero-order chi connectivity index (χ0) is 20.1. The molecular formula is C21H24BF4NO. The van der Waals surface area contributed by atoms with Crippen molar-refractivity contribution >= 4 is 29.8 Å². The Labute approximate surface area is 162 Å². The molecule has 1 saturated heterocycles. The lowest BCUT2D eigenvalue weighted by molar-refractivity contribution is -0.504. The maximum absolute atomic E-state index is 9.75. The third-order valence-electron chi connectivity index (χ3n) is 4.92. The highest BCUT2D eigenvalue weighted by Gasteiger charge is 2.27. The highest BCUT2D eigenvalue weighted by molar-refractivity contribution is 6.50. The quantitative estimate of drug-likeness (QED) is 0.271. The molecule has 1 aliphatic heterocycles. The van der Waals surface area contributed by atoms with Crippen molar-refractivity contribution in [3.8, 4) is 5.75 Å². The largest absolute Gasteiger partial charge is 0.673 e. The van der Waals surface area contributed by atoms with Gasteiger partial charge in [-0.25, -0.2) is 4.58 Å². The van der Waals surface area contributed by atoms with Gasteiger partial charge in [0.1, 0.15) is 18.8 Å². The predicted molar refractivity (Wildman–Crippen MR) is 107 cm³/mol. The zero-order valence-corrected chi connectivity index (χ0v) is 15.9. The molecule has 150 valence electrons. The molecule has 0 aromatic heterocycles. The Morgan fingerprint density at radius 1 is 1.00 bits per heavy atom. The summed E-state index contributed by atoms with van der Waals surface area (Å²) in [7, 11) is -6.00. The fraction of sp³-hybridized carbons (Fsp3) is 0.381. The average molecular weight is 393 g/mol. The van der Waals surface area contributed by atoms with Gasteiger partial charge in [-0.3, -0.25) is 0 Å². The zero-order valence-electron chi connectivity index (χ0n) is 15.9. The van der Waals surface area contributed by atoms with Gasteiger partial charge < -0.3 is 22.0 Å². The van der Waals surface area contributed by atoms with Crippen molar-refractivity contribution in [1.82, 2.24) is 0 Å². The minimum absolute atomic E-state index is 0.800. The number of halogens is 4. The topological polar surface area (TPSA) is 12.2 Å². The van der Waals surface area contributed by atoms with E-state index in [1.54, 1.807) is 0 Å². The van der Waals surface area contributed by atoms with Crippen LogP contribution in [-0.2, 0) is 0 Å². The van der Waals surface area contributed by atoms with Gasteiger partial charge in [-0.2, -0.15) is 0 Å². The molecule has 1 heterocycles. The van der Waals surface area contributed by atoms with Crippen LogP contribution in [0.5, 0.6) is 5.75 Å². The second-order valence-corrected chi connectivity index (χ2v) is 6.99. The molecule has 28 heavy (non-hydrogen) atoms. The van der Waals surface area contributed by atoms with Gasteiger partial charge in [0.15, 0.2) is 0 Å². The Bertz CT molecular complexity index is 891. The van der Waals surface area contributed by atoms with Gasteiger partial charge in [-0.05, 0) is 29.5 Å². The standard InChI is InChI=1S/C21H24NO.BF4/c1-2-3-15-23-19-12-10-17-8-6-7-16-9-11-18(21(19)20(16)17)22-13-4-5-14-22;2-1(3,4)5/h6-12H,2-5,13-15H2,1H3;/q+1;-1. The number of nitrogens with zero attached hydrogens (tertiary/aromatic N) is 1. The van der Waals surface area contributed by atoms with Crippen LogP contribution in [0.4, 0.5) is 17.3 Å². The van der Waals surface area contributed by atoms with Crippen LogP contribution in [0.3, 0.4) is 0 Å². The fourth-order valence-corrected chi connectivity index (χ4v) is 3.70. The molecule has 2 aliphatic rings. The van der Waals surface area contributed by atoms with E-state index >= 15 is 0 Å². The lowest BCUT2D eigenvalue weighted by atomic mass is 9.91. The summed E-state index contributed by atoms with van der Waals surface area (Å²) >= 11 is 0. The molecule has 7 heteroatoms. The van der Waals surface area contributed by atoms with E-state index in [1.165, 1.54) is 40.5 Å². The number of ether oxygens (including phenoxy) is 1. The van der Waals surface area contributed by atoms with E-state index in [9.17, 15) is 17.3 Å². The molecule has 0 radical (unpaired) electrons. The fourth-order valence-electron chi connectivity index (χ4n) is 3.70. The van der Waals surface area contributed by atoms with Crippen LogP contribution >= 0.6 is 0 Å². The SMILES string of the molecule is CCCCOc1ccc2cccc3c2c1C(=[N+]1CCCC1)C=C3.F[B-](F)(F)F. The molecule has 2 aromatic carbocycles. The Kier molecular flexibility index (Phi) is 6.42. The Hall–Kier alpha value is -2.31. The maximum Gasteiger partial charge on any atom is 0.673 e. The second kappa shape index (κ2) is 8.80. The van der Waals surface area contributed by atoms with E-state index in [0.717, 1.165) is 38.3 Å². The minimum atomic E-state index is -6.00. The molecule has 2 nitrogen and oxygen atoms in total. The molecule has 0 bridgehead atoms. The van der Waals surface area contributed by atoms with E-state index in [1.807, 2.05) is 0 Å². The number of hydrogen-bond donors (Lipinski definition) is 0. The van der Waals surface area contributed by atoms with Gasteiger partial charge in [0, 0.05) is 24.3 Å². The number of hydrogen-bond acceptors (Lipinski definition) is 1. The van der Waals surface area contributed by atoms with Gasteiger partial charge in [-0.1, -0.05) is 37.6 Å². The van der Waals surface area contributed by atoms with Gasteiger partial charge in [0.25, 0.3) is 0 Å². The monoisotopic (exact) mass is 393 g/mol. The van der Waals surface area contributed by atoms with Gasteiger partial charge in [0.05, 0.1) is 12.2 Å². The smallest absolute Gasteiger partial charge is 0.493 e. The summed E-state index contributed by atoms with van der Waals surface area (Å²) in [5.74, 6) is 1.05. The molecule has 0 amide bonds. The van der Waals surface area contributed by atoms with Crippen LogP contribution in [-0.4, -0.2) is 37.2 Å². The number of unbranched alkanes of at least 4 members (excludes halogenated alkanes) is 1. The van der Waals surface area contributed by atoms with Gasteiger partial charge in [0.2, 0.25) is 5.71 Å². The second-order valence-electron chi connectivity index (χ2n) is 6.99. The lowest BCUT2D eigenvalue weighted by Gasteiger charge is -2.18.